The Morgan fingerprint density at radius 1 is 1.19 bits per heavy atom. The van der Waals surface area contributed by atoms with Gasteiger partial charge < -0.3 is 15.4 Å². The van der Waals surface area contributed by atoms with Crippen molar-refractivity contribution in [3.8, 4) is 17.0 Å². The molecule has 0 radical (unpaired) electrons. The van der Waals surface area contributed by atoms with E-state index in [4.69, 9.17) is 4.74 Å². The van der Waals surface area contributed by atoms with E-state index in [2.05, 4.69) is 39.4 Å². The number of halogens is 1. The number of benzene rings is 1. The van der Waals surface area contributed by atoms with Gasteiger partial charge in [0.15, 0.2) is 11.6 Å². The Labute approximate surface area is 157 Å². The highest BCUT2D eigenvalue weighted by atomic mass is 19.1. The summed E-state index contributed by atoms with van der Waals surface area (Å²) in [5, 5.41) is 6.41. The summed E-state index contributed by atoms with van der Waals surface area (Å²) in [6, 6.07) is 10.5. The first-order valence-electron chi connectivity index (χ1n) is 8.75. The number of rotatable bonds is 7. The van der Waals surface area contributed by atoms with Crippen LogP contribution >= 0.6 is 0 Å². The molecule has 0 aliphatic heterocycles. The molecular formula is C20H22FN5O. The van der Waals surface area contributed by atoms with Gasteiger partial charge in [0.25, 0.3) is 0 Å². The number of anilines is 3. The lowest BCUT2D eigenvalue weighted by Crippen LogP contribution is -2.16. The van der Waals surface area contributed by atoms with Gasteiger partial charge in [0.2, 0.25) is 5.95 Å². The fourth-order valence-corrected chi connectivity index (χ4v) is 2.45. The van der Waals surface area contributed by atoms with E-state index in [1.165, 1.54) is 13.2 Å². The predicted octanol–water partition coefficient (Wildman–Crippen LogP) is 4.64. The molecule has 2 heterocycles. The van der Waals surface area contributed by atoms with Crippen LogP contribution in [0.3, 0.4) is 0 Å². The molecule has 0 aliphatic rings. The van der Waals surface area contributed by atoms with Crippen molar-refractivity contribution in [3.05, 3.63) is 54.6 Å². The van der Waals surface area contributed by atoms with Crippen molar-refractivity contribution in [2.75, 3.05) is 17.7 Å². The zero-order valence-electron chi connectivity index (χ0n) is 15.5. The van der Waals surface area contributed by atoms with Gasteiger partial charge >= 0.3 is 0 Å². The van der Waals surface area contributed by atoms with E-state index in [1.807, 2.05) is 12.1 Å². The normalized spacial score (nSPS) is 11.7. The molecule has 2 aromatic heterocycles. The van der Waals surface area contributed by atoms with Gasteiger partial charge in [-0.1, -0.05) is 6.92 Å². The summed E-state index contributed by atoms with van der Waals surface area (Å²) in [6.45, 7) is 4.15. The van der Waals surface area contributed by atoms with E-state index in [0.717, 1.165) is 17.7 Å². The third-order valence-corrected chi connectivity index (χ3v) is 4.10. The Morgan fingerprint density at radius 3 is 2.70 bits per heavy atom. The monoisotopic (exact) mass is 367 g/mol. The number of nitrogens with zero attached hydrogens (tertiary/aromatic N) is 3. The first-order valence-corrected chi connectivity index (χ1v) is 8.75. The molecule has 0 saturated heterocycles. The third-order valence-electron chi connectivity index (χ3n) is 4.10. The highest BCUT2D eigenvalue weighted by molar-refractivity contribution is 5.67. The maximum absolute atomic E-state index is 14.0. The van der Waals surface area contributed by atoms with Gasteiger partial charge in [0, 0.05) is 41.8 Å². The lowest BCUT2D eigenvalue weighted by Gasteiger charge is -2.15. The molecule has 1 atom stereocenters. The van der Waals surface area contributed by atoms with Crippen LogP contribution < -0.4 is 15.4 Å². The quantitative estimate of drug-likeness (QED) is 0.634. The summed E-state index contributed by atoms with van der Waals surface area (Å²) >= 11 is 0. The molecule has 0 aliphatic carbocycles. The second kappa shape index (κ2) is 8.44. The highest BCUT2D eigenvalue weighted by Crippen LogP contribution is 2.26. The van der Waals surface area contributed by atoms with Crippen molar-refractivity contribution in [2.45, 2.75) is 26.3 Å². The van der Waals surface area contributed by atoms with Crippen LogP contribution in [0.15, 0.2) is 48.8 Å². The second-order valence-electron chi connectivity index (χ2n) is 6.13. The van der Waals surface area contributed by atoms with Crippen LogP contribution in [-0.4, -0.2) is 28.1 Å². The summed E-state index contributed by atoms with van der Waals surface area (Å²) in [4.78, 5) is 13.2. The highest BCUT2D eigenvalue weighted by Gasteiger charge is 2.10. The minimum absolute atomic E-state index is 0.193. The lowest BCUT2D eigenvalue weighted by atomic mass is 10.2. The van der Waals surface area contributed by atoms with Gasteiger partial charge in [-0.25, -0.2) is 9.37 Å². The number of aromatic nitrogens is 3. The first kappa shape index (κ1) is 18.6. The number of ether oxygens (including phenoxy) is 1. The largest absolute Gasteiger partial charge is 0.494 e. The van der Waals surface area contributed by atoms with Gasteiger partial charge in [-0.15, -0.1) is 0 Å². The van der Waals surface area contributed by atoms with E-state index in [9.17, 15) is 4.39 Å². The molecule has 1 aromatic carbocycles. The molecular weight excluding hydrogens is 345 g/mol. The average molecular weight is 367 g/mol. The fourth-order valence-electron chi connectivity index (χ4n) is 2.45. The zero-order valence-corrected chi connectivity index (χ0v) is 15.5. The van der Waals surface area contributed by atoms with Crippen LogP contribution in [0.2, 0.25) is 0 Å². The molecule has 0 spiro atoms. The number of methoxy groups -OCH3 is 1. The van der Waals surface area contributed by atoms with Gasteiger partial charge in [0.1, 0.15) is 5.82 Å². The molecule has 3 aromatic rings. The van der Waals surface area contributed by atoms with Gasteiger partial charge in [-0.3, -0.25) is 4.98 Å². The molecule has 2 N–H and O–H groups in total. The molecule has 0 fully saturated rings. The Hall–Kier alpha value is -3.22. The second-order valence-corrected chi connectivity index (χ2v) is 6.13. The maximum atomic E-state index is 14.0. The van der Waals surface area contributed by atoms with E-state index < -0.39 is 5.82 Å². The topological polar surface area (TPSA) is 72.0 Å². The van der Waals surface area contributed by atoms with E-state index in [0.29, 0.717) is 17.5 Å². The minimum atomic E-state index is -0.443. The maximum Gasteiger partial charge on any atom is 0.225 e. The van der Waals surface area contributed by atoms with Crippen molar-refractivity contribution < 1.29 is 9.13 Å². The molecule has 7 heteroatoms. The van der Waals surface area contributed by atoms with Crippen LogP contribution in [-0.2, 0) is 0 Å². The molecule has 0 amide bonds. The van der Waals surface area contributed by atoms with Gasteiger partial charge in [0.05, 0.1) is 12.8 Å². The van der Waals surface area contributed by atoms with E-state index >= 15 is 0 Å². The molecule has 140 valence electrons. The number of hydrogen-bond donors (Lipinski definition) is 2. The number of hydrogen-bond acceptors (Lipinski definition) is 6. The van der Waals surface area contributed by atoms with Crippen LogP contribution in [0.4, 0.5) is 21.8 Å². The molecule has 0 saturated carbocycles. The summed E-state index contributed by atoms with van der Waals surface area (Å²) in [7, 11) is 1.43. The third kappa shape index (κ3) is 4.69. The van der Waals surface area contributed by atoms with Crippen molar-refractivity contribution in [1.29, 1.82) is 0 Å². The summed E-state index contributed by atoms with van der Waals surface area (Å²) < 4.78 is 18.9. The van der Waals surface area contributed by atoms with Gasteiger partial charge in [-0.2, -0.15) is 4.98 Å². The summed E-state index contributed by atoms with van der Waals surface area (Å²) in [5.41, 5.74) is 2.16. The van der Waals surface area contributed by atoms with Crippen molar-refractivity contribution in [1.82, 2.24) is 15.0 Å². The van der Waals surface area contributed by atoms with E-state index in [1.54, 1.807) is 30.6 Å². The standard InChI is InChI=1S/C20H22FN5O/c1-4-13(2)23-20-25-17(14-6-5-9-22-12-14)11-19(26-20)24-15-7-8-18(27-3)16(21)10-15/h5-13H,4H2,1-3H3,(H2,23,24,25,26)/t13-/m0/s1. The summed E-state index contributed by atoms with van der Waals surface area (Å²) in [5.74, 6) is 0.807. The number of pyridine rings is 1. The van der Waals surface area contributed by atoms with Crippen LogP contribution in [0.5, 0.6) is 5.75 Å². The number of nitrogens with one attached hydrogen (secondary N) is 2. The van der Waals surface area contributed by atoms with Crippen LogP contribution in [0.25, 0.3) is 11.3 Å². The molecule has 27 heavy (non-hydrogen) atoms. The zero-order chi connectivity index (χ0) is 19.2. The fraction of sp³-hybridized carbons (Fsp3) is 0.250. The minimum Gasteiger partial charge on any atom is -0.494 e. The van der Waals surface area contributed by atoms with Crippen molar-refractivity contribution in [2.24, 2.45) is 0 Å². The van der Waals surface area contributed by atoms with Crippen LogP contribution in [0, 0.1) is 5.82 Å². The Morgan fingerprint density at radius 2 is 2.04 bits per heavy atom. The van der Waals surface area contributed by atoms with E-state index in [-0.39, 0.29) is 11.8 Å². The summed E-state index contributed by atoms with van der Waals surface area (Å²) in [6.07, 6.45) is 4.39. The van der Waals surface area contributed by atoms with Crippen molar-refractivity contribution >= 4 is 17.5 Å². The predicted molar refractivity (Wildman–Crippen MR) is 105 cm³/mol. The first-order chi connectivity index (χ1) is 13.1. The van der Waals surface area contributed by atoms with Gasteiger partial charge in [-0.05, 0) is 37.6 Å². The Balaban J connectivity index is 1.95. The smallest absolute Gasteiger partial charge is 0.225 e. The Bertz CT molecular complexity index is 904. The Kier molecular flexibility index (Phi) is 5.80. The molecule has 6 nitrogen and oxygen atoms in total. The molecule has 0 unspecified atom stereocenters. The SMILES string of the molecule is CC[C@H](C)Nc1nc(Nc2ccc(OC)c(F)c2)cc(-c2cccnc2)n1. The van der Waals surface area contributed by atoms with Crippen molar-refractivity contribution in [3.63, 3.8) is 0 Å². The average Bonchev–Trinajstić information content (AvgIpc) is 2.68. The molecule has 0 bridgehead atoms. The van der Waals surface area contributed by atoms with Crippen LogP contribution in [0.1, 0.15) is 20.3 Å². The lowest BCUT2D eigenvalue weighted by molar-refractivity contribution is 0.386. The molecule has 3 rings (SSSR count).